The molecule has 0 spiro atoms. The van der Waals surface area contributed by atoms with Crippen LogP contribution in [0.2, 0.25) is 5.02 Å². The van der Waals surface area contributed by atoms with Gasteiger partial charge in [0, 0.05) is 34.4 Å². The molecule has 0 fully saturated rings. The third-order valence-electron chi connectivity index (χ3n) is 6.64. The van der Waals surface area contributed by atoms with Gasteiger partial charge in [0.1, 0.15) is 23.3 Å². The van der Waals surface area contributed by atoms with E-state index in [1.54, 1.807) is 55.5 Å². The van der Waals surface area contributed by atoms with Gasteiger partial charge in [-0.25, -0.2) is 9.79 Å². The normalized spacial score (nSPS) is 14.9. The summed E-state index contributed by atoms with van der Waals surface area (Å²) in [5, 5.41) is 11.4. The Balaban J connectivity index is 1.67. The number of esters is 1. The molecule has 0 N–H and O–H groups in total. The Hall–Kier alpha value is -4.48. The molecule has 2 aromatic carbocycles. The molecule has 12 heteroatoms. The van der Waals surface area contributed by atoms with Gasteiger partial charge in [-0.1, -0.05) is 36.3 Å². The van der Waals surface area contributed by atoms with Gasteiger partial charge in [-0.2, -0.15) is 0 Å². The second kappa shape index (κ2) is 12.2. The quantitative estimate of drug-likeness (QED) is 0.141. The first kappa shape index (κ1) is 29.0. The van der Waals surface area contributed by atoms with Crippen LogP contribution in [0.5, 0.6) is 5.75 Å². The SMILES string of the molecule is CCCC1=C(C(=O)OCC)[C@H](c2cc(Cl)ccc2OC)n2c(s/c(=C/c3ccc(-c4ccc([N+](=O)[O-])cc4)o3)c2=O)=N1. The van der Waals surface area contributed by atoms with Gasteiger partial charge in [0.05, 0.1) is 34.4 Å². The largest absolute Gasteiger partial charge is 0.496 e. The first-order valence-corrected chi connectivity index (χ1v) is 14.3. The third kappa shape index (κ3) is 5.53. The van der Waals surface area contributed by atoms with E-state index in [4.69, 9.17) is 30.5 Å². The van der Waals surface area contributed by atoms with Crippen molar-refractivity contribution in [3.63, 3.8) is 0 Å². The van der Waals surface area contributed by atoms with E-state index in [0.29, 0.717) is 61.3 Å². The zero-order valence-corrected chi connectivity index (χ0v) is 24.5. The van der Waals surface area contributed by atoms with Gasteiger partial charge in [0.15, 0.2) is 4.80 Å². The third-order valence-corrected chi connectivity index (χ3v) is 7.86. The summed E-state index contributed by atoms with van der Waals surface area (Å²) < 4.78 is 18.8. The number of methoxy groups -OCH3 is 1. The number of nitro benzene ring substituents is 1. The van der Waals surface area contributed by atoms with Gasteiger partial charge in [0.2, 0.25) is 0 Å². The van der Waals surface area contributed by atoms with Crippen LogP contribution in [0, 0.1) is 10.1 Å². The van der Waals surface area contributed by atoms with Crippen LogP contribution in [-0.4, -0.2) is 29.2 Å². The van der Waals surface area contributed by atoms with E-state index in [1.165, 1.54) is 35.1 Å². The number of rotatable bonds is 9. The van der Waals surface area contributed by atoms with Crippen molar-refractivity contribution < 1.29 is 23.6 Å². The van der Waals surface area contributed by atoms with Crippen LogP contribution in [0.25, 0.3) is 17.4 Å². The second-order valence-electron chi connectivity index (χ2n) is 9.31. The average molecular weight is 608 g/mol. The van der Waals surface area contributed by atoms with E-state index < -0.39 is 16.9 Å². The first-order chi connectivity index (χ1) is 20.2. The minimum absolute atomic E-state index is 0.0258. The van der Waals surface area contributed by atoms with Crippen LogP contribution in [0.15, 0.2) is 80.1 Å². The Morgan fingerprint density at radius 1 is 1.19 bits per heavy atom. The average Bonchev–Trinajstić information content (AvgIpc) is 3.57. The molecule has 0 saturated heterocycles. The second-order valence-corrected chi connectivity index (χ2v) is 10.8. The summed E-state index contributed by atoms with van der Waals surface area (Å²) in [4.78, 5) is 43.0. The number of carbonyl (C=O) groups excluding carboxylic acids is 1. The first-order valence-electron chi connectivity index (χ1n) is 13.2. The molecule has 1 aliphatic rings. The van der Waals surface area contributed by atoms with Gasteiger partial charge in [-0.05, 0) is 55.8 Å². The summed E-state index contributed by atoms with van der Waals surface area (Å²) in [7, 11) is 1.51. The highest BCUT2D eigenvalue weighted by Crippen LogP contribution is 2.38. The lowest BCUT2D eigenvalue weighted by Crippen LogP contribution is -2.40. The number of carbonyl (C=O) groups is 1. The summed E-state index contributed by atoms with van der Waals surface area (Å²) in [6.07, 6.45) is 2.82. The number of thiazole rings is 1. The number of fused-ring (bicyclic) bond motifs is 1. The number of aromatic nitrogens is 1. The number of ether oxygens (including phenoxy) is 2. The predicted molar refractivity (Wildman–Crippen MR) is 158 cm³/mol. The minimum Gasteiger partial charge on any atom is -0.496 e. The van der Waals surface area contributed by atoms with Crippen molar-refractivity contribution in [1.29, 1.82) is 0 Å². The highest BCUT2D eigenvalue weighted by molar-refractivity contribution is 7.07. The summed E-state index contributed by atoms with van der Waals surface area (Å²) in [6.45, 7) is 3.85. The molecule has 42 heavy (non-hydrogen) atoms. The van der Waals surface area contributed by atoms with Crippen molar-refractivity contribution in [2.45, 2.75) is 32.7 Å². The molecular formula is C30H26ClN3O7S. The van der Waals surface area contributed by atoms with Crippen LogP contribution in [0.4, 0.5) is 5.69 Å². The zero-order chi connectivity index (χ0) is 30.0. The van der Waals surface area contributed by atoms with E-state index in [-0.39, 0.29) is 23.4 Å². The Morgan fingerprint density at radius 2 is 1.95 bits per heavy atom. The van der Waals surface area contributed by atoms with Crippen molar-refractivity contribution in [2.75, 3.05) is 13.7 Å². The number of benzene rings is 2. The van der Waals surface area contributed by atoms with E-state index in [1.807, 2.05) is 6.92 Å². The van der Waals surface area contributed by atoms with Gasteiger partial charge < -0.3 is 13.9 Å². The van der Waals surface area contributed by atoms with Crippen molar-refractivity contribution in [3.05, 3.63) is 112 Å². The molecule has 0 amide bonds. The van der Waals surface area contributed by atoms with Crippen LogP contribution in [0.1, 0.15) is 44.1 Å². The number of non-ortho nitro benzene ring substituents is 1. The van der Waals surface area contributed by atoms with Crippen molar-refractivity contribution >= 4 is 40.7 Å². The maximum atomic E-state index is 14.0. The molecule has 3 heterocycles. The maximum Gasteiger partial charge on any atom is 0.338 e. The number of hydrogen-bond donors (Lipinski definition) is 0. The molecule has 0 unspecified atom stereocenters. The number of furan rings is 1. The number of nitrogens with zero attached hydrogens (tertiary/aromatic N) is 3. The lowest BCUT2D eigenvalue weighted by atomic mass is 9.93. The zero-order valence-electron chi connectivity index (χ0n) is 23.0. The Morgan fingerprint density at radius 3 is 2.62 bits per heavy atom. The summed E-state index contributed by atoms with van der Waals surface area (Å²) in [5.41, 5.74) is 1.57. The number of halogens is 1. The van der Waals surface area contributed by atoms with Crippen LogP contribution < -0.4 is 19.6 Å². The maximum absolute atomic E-state index is 14.0. The molecule has 4 aromatic rings. The van der Waals surface area contributed by atoms with Crippen LogP contribution in [-0.2, 0) is 9.53 Å². The standard InChI is InChI=1S/C30H26ClN3O7S/c1-4-6-22-26(29(36)40-5-2)27(21-15-18(31)9-13-24(21)39-3)33-28(35)25(42-30(33)32-22)16-20-12-14-23(41-20)17-7-10-19(11-8-17)34(37)38/h7-16,27H,4-6H2,1-3H3/b25-16+/t27-/m0/s1. The Bertz CT molecular complexity index is 1890. The monoisotopic (exact) mass is 607 g/mol. The van der Waals surface area contributed by atoms with E-state index in [9.17, 15) is 19.7 Å². The molecule has 5 rings (SSSR count). The van der Waals surface area contributed by atoms with Crippen LogP contribution >= 0.6 is 22.9 Å². The molecular weight excluding hydrogens is 582 g/mol. The fraction of sp³-hybridized carbons (Fsp3) is 0.233. The molecule has 0 aliphatic carbocycles. The number of nitro groups is 1. The fourth-order valence-electron chi connectivity index (χ4n) is 4.80. The molecule has 0 saturated carbocycles. The molecule has 2 aromatic heterocycles. The molecule has 216 valence electrons. The Labute approximate surface area is 248 Å². The predicted octanol–water partition coefficient (Wildman–Crippen LogP) is 5.41. The highest BCUT2D eigenvalue weighted by atomic mass is 35.5. The lowest BCUT2D eigenvalue weighted by Gasteiger charge is -2.27. The molecule has 1 atom stereocenters. The van der Waals surface area contributed by atoms with Crippen molar-refractivity contribution in [2.24, 2.45) is 4.99 Å². The van der Waals surface area contributed by atoms with Crippen LogP contribution in [0.3, 0.4) is 0 Å². The van der Waals surface area contributed by atoms with E-state index in [0.717, 1.165) is 0 Å². The molecule has 10 nitrogen and oxygen atoms in total. The van der Waals surface area contributed by atoms with Crippen molar-refractivity contribution in [1.82, 2.24) is 4.57 Å². The molecule has 0 bridgehead atoms. The summed E-state index contributed by atoms with van der Waals surface area (Å²) >= 11 is 7.56. The van der Waals surface area contributed by atoms with E-state index in [2.05, 4.69) is 0 Å². The minimum atomic E-state index is -0.884. The summed E-state index contributed by atoms with van der Waals surface area (Å²) in [5.74, 6) is 0.784. The topological polar surface area (TPSA) is 126 Å². The number of allylic oxidation sites excluding steroid dienone is 1. The number of hydrogen-bond acceptors (Lipinski definition) is 9. The lowest BCUT2D eigenvalue weighted by molar-refractivity contribution is -0.384. The van der Waals surface area contributed by atoms with Crippen molar-refractivity contribution in [3.8, 4) is 17.1 Å². The van der Waals surface area contributed by atoms with Gasteiger partial charge >= 0.3 is 5.97 Å². The van der Waals surface area contributed by atoms with E-state index >= 15 is 0 Å². The van der Waals surface area contributed by atoms with Gasteiger partial charge in [-0.15, -0.1) is 0 Å². The fourth-order valence-corrected chi connectivity index (χ4v) is 5.98. The smallest absolute Gasteiger partial charge is 0.338 e. The highest BCUT2D eigenvalue weighted by Gasteiger charge is 2.36. The molecule has 1 aliphatic heterocycles. The summed E-state index contributed by atoms with van der Waals surface area (Å²) in [6, 6.07) is 13.6. The molecule has 0 radical (unpaired) electrons. The van der Waals surface area contributed by atoms with Gasteiger partial charge in [-0.3, -0.25) is 19.5 Å². The Kier molecular flexibility index (Phi) is 8.41. The van der Waals surface area contributed by atoms with Gasteiger partial charge in [0.25, 0.3) is 11.2 Å².